The Bertz CT molecular complexity index is 432. The molecule has 0 amide bonds. The largest absolute Gasteiger partial charge is 0.396 e. The standard InChI is InChI=1S/C17H28N2O/c1-4-17(5-2,13-20)12-18-11-14-6-7-16-15(10-14)8-9-19(16)3/h6-7,10,18,20H,4-5,8-9,11-13H2,1-3H3. The summed E-state index contributed by atoms with van der Waals surface area (Å²) in [5.41, 5.74) is 4.22. The van der Waals surface area contributed by atoms with Gasteiger partial charge in [0.15, 0.2) is 0 Å². The molecule has 0 saturated carbocycles. The fourth-order valence-electron chi connectivity index (χ4n) is 2.98. The third-order valence-electron chi connectivity index (χ3n) is 4.94. The van der Waals surface area contributed by atoms with E-state index in [4.69, 9.17) is 0 Å². The molecule has 0 fully saturated rings. The third kappa shape index (κ3) is 3.15. The quantitative estimate of drug-likeness (QED) is 0.803. The van der Waals surface area contributed by atoms with E-state index in [2.05, 4.69) is 49.3 Å². The first-order valence-electron chi connectivity index (χ1n) is 7.78. The van der Waals surface area contributed by atoms with Crippen molar-refractivity contribution in [3.63, 3.8) is 0 Å². The van der Waals surface area contributed by atoms with E-state index < -0.39 is 0 Å². The van der Waals surface area contributed by atoms with Crippen LogP contribution in [0.2, 0.25) is 0 Å². The molecular formula is C17H28N2O. The number of likely N-dealkylation sites (N-methyl/N-ethyl adjacent to an activating group) is 1. The van der Waals surface area contributed by atoms with E-state index in [1.807, 2.05) is 0 Å². The average Bonchev–Trinajstić information content (AvgIpc) is 2.85. The maximum absolute atomic E-state index is 9.58. The van der Waals surface area contributed by atoms with Crippen molar-refractivity contribution in [1.29, 1.82) is 0 Å². The van der Waals surface area contributed by atoms with E-state index in [1.165, 1.54) is 16.8 Å². The number of fused-ring (bicyclic) bond motifs is 1. The van der Waals surface area contributed by atoms with Gasteiger partial charge in [-0.3, -0.25) is 0 Å². The SMILES string of the molecule is CCC(CC)(CO)CNCc1ccc2c(c1)CCN2C. The number of aliphatic hydroxyl groups excluding tert-OH is 1. The fraction of sp³-hybridized carbons (Fsp3) is 0.647. The molecule has 0 atom stereocenters. The summed E-state index contributed by atoms with van der Waals surface area (Å²) in [6.07, 6.45) is 3.19. The van der Waals surface area contributed by atoms with Gasteiger partial charge in [0.2, 0.25) is 0 Å². The monoisotopic (exact) mass is 276 g/mol. The topological polar surface area (TPSA) is 35.5 Å². The Morgan fingerprint density at radius 2 is 2.05 bits per heavy atom. The molecule has 3 heteroatoms. The number of benzene rings is 1. The molecule has 1 aromatic carbocycles. The summed E-state index contributed by atoms with van der Waals surface area (Å²) in [4.78, 5) is 2.32. The highest BCUT2D eigenvalue weighted by Crippen LogP contribution is 2.28. The van der Waals surface area contributed by atoms with Crippen LogP contribution in [0.3, 0.4) is 0 Å². The number of aliphatic hydroxyl groups is 1. The molecule has 20 heavy (non-hydrogen) atoms. The number of hydrogen-bond donors (Lipinski definition) is 2. The van der Waals surface area contributed by atoms with Crippen molar-refractivity contribution >= 4 is 5.69 Å². The Labute approximate surface area is 123 Å². The molecule has 0 radical (unpaired) electrons. The zero-order chi connectivity index (χ0) is 14.6. The molecule has 1 heterocycles. The van der Waals surface area contributed by atoms with E-state index in [9.17, 15) is 5.11 Å². The maximum atomic E-state index is 9.58. The molecule has 0 saturated heterocycles. The van der Waals surface area contributed by atoms with Crippen LogP contribution in [-0.2, 0) is 13.0 Å². The van der Waals surface area contributed by atoms with Crippen molar-refractivity contribution in [1.82, 2.24) is 5.32 Å². The molecule has 1 aliphatic rings. The Kier molecular flexibility index (Phi) is 5.06. The van der Waals surface area contributed by atoms with Gasteiger partial charge in [0, 0.05) is 44.4 Å². The molecule has 1 aromatic rings. The lowest BCUT2D eigenvalue weighted by molar-refractivity contribution is 0.113. The fourth-order valence-corrected chi connectivity index (χ4v) is 2.98. The molecule has 0 aromatic heterocycles. The van der Waals surface area contributed by atoms with E-state index in [0.717, 1.165) is 38.9 Å². The molecule has 0 bridgehead atoms. The van der Waals surface area contributed by atoms with Crippen molar-refractivity contribution in [2.45, 2.75) is 39.7 Å². The van der Waals surface area contributed by atoms with Crippen LogP contribution in [0.4, 0.5) is 5.69 Å². The van der Waals surface area contributed by atoms with Crippen LogP contribution in [0, 0.1) is 5.41 Å². The molecule has 3 nitrogen and oxygen atoms in total. The Hall–Kier alpha value is -1.06. The van der Waals surface area contributed by atoms with Gasteiger partial charge in [0.05, 0.1) is 0 Å². The van der Waals surface area contributed by atoms with Crippen LogP contribution in [-0.4, -0.2) is 31.9 Å². The minimum Gasteiger partial charge on any atom is -0.396 e. The first kappa shape index (κ1) is 15.3. The minimum absolute atomic E-state index is 0.0386. The molecule has 112 valence electrons. The molecule has 2 N–H and O–H groups in total. The molecule has 0 unspecified atom stereocenters. The first-order valence-corrected chi connectivity index (χ1v) is 7.78. The van der Waals surface area contributed by atoms with Crippen molar-refractivity contribution in [2.24, 2.45) is 5.41 Å². The predicted molar refractivity (Wildman–Crippen MR) is 85.2 cm³/mol. The van der Waals surface area contributed by atoms with Gasteiger partial charge in [-0.15, -0.1) is 0 Å². The number of nitrogens with zero attached hydrogens (tertiary/aromatic N) is 1. The summed E-state index contributed by atoms with van der Waals surface area (Å²) in [7, 11) is 2.15. The van der Waals surface area contributed by atoms with Crippen LogP contribution >= 0.6 is 0 Å². The zero-order valence-electron chi connectivity index (χ0n) is 13.1. The van der Waals surface area contributed by atoms with Gasteiger partial charge in [0.1, 0.15) is 0 Å². The summed E-state index contributed by atoms with van der Waals surface area (Å²) in [5.74, 6) is 0. The van der Waals surface area contributed by atoms with Gasteiger partial charge in [-0.1, -0.05) is 26.0 Å². The van der Waals surface area contributed by atoms with Crippen molar-refractivity contribution in [3.05, 3.63) is 29.3 Å². The Balaban J connectivity index is 1.92. The maximum Gasteiger partial charge on any atom is 0.0499 e. The molecule has 0 spiro atoms. The summed E-state index contributed by atoms with van der Waals surface area (Å²) in [6.45, 7) is 7.49. The second-order valence-electron chi connectivity index (χ2n) is 6.10. The van der Waals surface area contributed by atoms with Crippen LogP contribution in [0.1, 0.15) is 37.8 Å². The first-order chi connectivity index (χ1) is 9.64. The van der Waals surface area contributed by atoms with Gasteiger partial charge in [-0.05, 0) is 36.5 Å². The lowest BCUT2D eigenvalue weighted by atomic mass is 9.83. The second-order valence-corrected chi connectivity index (χ2v) is 6.10. The van der Waals surface area contributed by atoms with E-state index in [-0.39, 0.29) is 12.0 Å². The summed E-state index contributed by atoms with van der Waals surface area (Å²) < 4.78 is 0. The van der Waals surface area contributed by atoms with Crippen molar-refractivity contribution in [2.75, 3.05) is 31.6 Å². The van der Waals surface area contributed by atoms with E-state index in [1.54, 1.807) is 0 Å². The van der Waals surface area contributed by atoms with Crippen LogP contribution in [0.15, 0.2) is 18.2 Å². The highest BCUT2D eigenvalue weighted by atomic mass is 16.3. The van der Waals surface area contributed by atoms with Gasteiger partial charge in [0.25, 0.3) is 0 Å². The minimum atomic E-state index is 0.0386. The van der Waals surface area contributed by atoms with Crippen LogP contribution in [0.25, 0.3) is 0 Å². The number of nitrogens with one attached hydrogen (secondary N) is 1. The van der Waals surface area contributed by atoms with Gasteiger partial charge in [-0.2, -0.15) is 0 Å². The number of rotatable bonds is 7. The lowest BCUT2D eigenvalue weighted by Gasteiger charge is -2.29. The average molecular weight is 276 g/mol. The predicted octanol–water partition coefficient (Wildman–Crippen LogP) is 2.57. The number of anilines is 1. The van der Waals surface area contributed by atoms with Crippen molar-refractivity contribution < 1.29 is 5.11 Å². The smallest absolute Gasteiger partial charge is 0.0499 e. The third-order valence-corrected chi connectivity index (χ3v) is 4.94. The van der Waals surface area contributed by atoms with E-state index >= 15 is 0 Å². The highest BCUT2D eigenvalue weighted by molar-refractivity contribution is 5.58. The number of hydrogen-bond acceptors (Lipinski definition) is 3. The van der Waals surface area contributed by atoms with Crippen molar-refractivity contribution in [3.8, 4) is 0 Å². The molecule has 0 aliphatic carbocycles. The van der Waals surface area contributed by atoms with E-state index in [0.29, 0.717) is 0 Å². The summed E-state index contributed by atoms with van der Waals surface area (Å²) in [5, 5.41) is 13.1. The molecular weight excluding hydrogens is 248 g/mol. The second kappa shape index (κ2) is 6.59. The molecule has 2 rings (SSSR count). The lowest BCUT2D eigenvalue weighted by Crippen LogP contribution is -2.36. The molecule has 1 aliphatic heterocycles. The van der Waals surface area contributed by atoms with Gasteiger partial charge >= 0.3 is 0 Å². The zero-order valence-corrected chi connectivity index (χ0v) is 13.1. The van der Waals surface area contributed by atoms with Crippen LogP contribution in [0.5, 0.6) is 0 Å². The highest BCUT2D eigenvalue weighted by Gasteiger charge is 2.24. The van der Waals surface area contributed by atoms with Gasteiger partial charge < -0.3 is 15.3 Å². The van der Waals surface area contributed by atoms with Gasteiger partial charge in [-0.25, -0.2) is 0 Å². The van der Waals surface area contributed by atoms with Crippen LogP contribution < -0.4 is 10.2 Å². The Morgan fingerprint density at radius 1 is 1.30 bits per heavy atom. The summed E-state index contributed by atoms with van der Waals surface area (Å²) in [6, 6.07) is 6.77. The summed E-state index contributed by atoms with van der Waals surface area (Å²) >= 11 is 0. The normalized spacial score (nSPS) is 14.7. The Morgan fingerprint density at radius 3 is 2.70 bits per heavy atom.